The topological polar surface area (TPSA) is 103 Å². The van der Waals surface area contributed by atoms with Crippen LogP contribution in [0, 0.1) is 6.92 Å². The summed E-state index contributed by atoms with van der Waals surface area (Å²) in [5.41, 5.74) is 1.75. The van der Waals surface area contributed by atoms with Crippen LogP contribution in [0.1, 0.15) is 33.3 Å². The van der Waals surface area contributed by atoms with Crippen molar-refractivity contribution in [3.63, 3.8) is 0 Å². The molecule has 0 amide bonds. The van der Waals surface area contributed by atoms with E-state index in [2.05, 4.69) is 14.8 Å². The molecule has 0 bridgehead atoms. The van der Waals surface area contributed by atoms with Crippen LogP contribution in [0.15, 0.2) is 35.1 Å². The van der Waals surface area contributed by atoms with Crippen LogP contribution in [0.25, 0.3) is 16.7 Å². The van der Waals surface area contributed by atoms with Crippen LogP contribution >= 0.6 is 0 Å². The number of nitrogens with one attached hydrogen (secondary N) is 1. The van der Waals surface area contributed by atoms with Gasteiger partial charge in [-0.05, 0) is 43.7 Å². The molecule has 8 heteroatoms. The normalized spacial score (nSPS) is 10.7. The van der Waals surface area contributed by atoms with Gasteiger partial charge in [0.2, 0.25) is 5.56 Å². The van der Waals surface area contributed by atoms with Gasteiger partial charge in [0.05, 0.1) is 30.4 Å². The van der Waals surface area contributed by atoms with Crippen molar-refractivity contribution in [2.24, 2.45) is 0 Å². The smallest absolute Gasteiger partial charge is 0.359 e. The van der Waals surface area contributed by atoms with Crippen molar-refractivity contribution in [2.45, 2.75) is 13.8 Å². The van der Waals surface area contributed by atoms with E-state index >= 15 is 0 Å². The lowest BCUT2D eigenvalue weighted by molar-refractivity contribution is 0.0520. The maximum absolute atomic E-state index is 12.3. The molecule has 134 valence electrons. The van der Waals surface area contributed by atoms with Crippen LogP contribution in [0.5, 0.6) is 0 Å². The summed E-state index contributed by atoms with van der Waals surface area (Å²) in [5.74, 6) is -1.03. The molecule has 26 heavy (non-hydrogen) atoms. The Labute approximate surface area is 148 Å². The van der Waals surface area contributed by atoms with E-state index < -0.39 is 11.9 Å². The van der Waals surface area contributed by atoms with Crippen molar-refractivity contribution in [3.8, 4) is 5.69 Å². The Morgan fingerprint density at radius 2 is 1.88 bits per heavy atom. The van der Waals surface area contributed by atoms with Gasteiger partial charge in [0.25, 0.3) is 0 Å². The third kappa shape index (κ3) is 2.97. The number of aromatic nitrogens is 3. The first-order valence-electron chi connectivity index (χ1n) is 7.94. The van der Waals surface area contributed by atoms with Crippen molar-refractivity contribution < 1.29 is 19.1 Å². The van der Waals surface area contributed by atoms with Crippen molar-refractivity contribution in [1.29, 1.82) is 0 Å². The molecule has 8 nitrogen and oxygen atoms in total. The van der Waals surface area contributed by atoms with Crippen LogP contribution in [-0.2, 0) is 9.47 Å². The minimum Gasteiger partial charge on any atom is -0.465 e. The zero-order valence-electron chi connectivity index (χ0n) is 14.5. The Morgan fingerprint density at radius 3 is 2.50 bits per heavy atom. The molecule has 1 N–H and O–H groups in total. The summed E-state index contributed by atoms with van der Waals surface area (Å²) < 4.78 is 11.2. The number of carbonyl (C=O) groups excluding carboxylic acids is 2. The van der Waals surface area contributed by atoms with E-state index in [1.54, 1.807) is 38.1 Å². The van der Waals surface area contributed by atoms with Gasteiger partial charge < -0.3 is 14.5 Å². The first-order chi connectivity index (χ1) is 12.5. The fraction of sp³-hybridized carbons (Fsp3) is 0.222. The number of esters is 2. The molecule has 3 rings (SSSR count). The lowest BCUT2D eigenvalue weighted by Crippen LogP contribution is -2.08. The minimum atomic E-state index is -0.572. The van der Waals surface area contributed by atoms with Gasteiger partial charge in [0, 0.05) is 6.07 Å². The Hall–Kier alpha value is -3.42. The average molecular weight is 355 g/mol. The molecule has 1 aromatic carbocycles. The second-order valence-corrected chi connectivity index (χ2v) is 5.56. The van der Waals surface area contributed by atoms with Gasteiger partial charge in [0.1, 0.15) is 5.65 Å². The van der Waals surface area contributed by atoms with Gasteiger partial charge >= 0.3 is 11.9 Å². The number of aryl methyl sites for hydroxylation is 1. The van der Waals surface area contributed by atoms with Gasteiger partial charge in [-0.25, -0.2) is 14.3 Å². The molecule has 2 heterocycles. The van der Waals surface area contributed by atoms with Gasteiger partial charge in [-0.15, -0.1) is 0 Å². The molecule has 0 radical (unpaired) electrons. The van der Waals surface area contributed by atoms with E-state index in [0.717, 1.165) is 0 Å². The number of nitrogens with zero attached hydrogens (tertiary/aromatic N) is 2. The summed E-state index contributed by atoms with van der Waals surface area (Å²) in [6.45, 7) is 3.65. The summed E-state index contributed by atoms with van der Waals surface area (Å²) in [7, 11) is 1.30. The molecule has 0 atom stereocenters. The Morgan fingerprint density at radius 1 is 1.19 bits per heavy atom. The zero-order valence-corrected chi connectivity index (χ0v) is 14.5. The number of carbonyl (C=O) groups is 2. The molecular weight excluding hydrogens is 338 g/mol. The monoisotopic (exact) mass is 355 g/mol. The molecule has 0 saturated carbocycles. The third-order valence-corrected chi connectivity index (χ3v) is 3.87. The number of benzene rings is 1. The second kappa shape index (κ2) is 6.83. The highest BCUT2D eigenvalue weighted by Gasteiger charge is 2.22. The molecule has 0 aliphatic carbocycles. The molecule has 0 spiro atoms. The Kier molecular flexibility index (Phi) is 4.57. The molecule has 0 saturated heterocycles. The molecule has 3 aromatic rings. The van der Waals surface area contributed by atoms with E-state index in [1.807, 2.05) is 0 Å². The van der Waals surface area contributed by atoms with Gasteiger partial charge in [0.15, 0.2) is 5.69 Å². The summed E-state index contributed by atoms with van der Waals surface area (Å²) in [4.78, 5) is 38.5. The summed E-state index contributed by atoms with van der Waals surface area (Å²) in [5, 5.41) is 4.84. The highest BCUT2D eigenvalue weighted by molar-refractivity contribution is 6.02. The standard InChI is InChI=1S/C18H17N3O5/c1-4-26-18(24)15-14-10(2)9-13(22)19-16(14)21(20-15)12-7-5-11(6-8-12)17(23)25-3/h5-9H,4H2,1-3H3,(H,19,22). The van der Waals surface area contributed by atoms with Crippen molar-refractivity contribution in [1.82, 2.24) is 14.8 Å². The number of fused-ring (bicyclic) bond motifs is 1. The number of hydrogen-bond acceptors (Lipinski definition) is 6. The number of H-pyrrole nitrogens is 1. The lowest BCUT2D eigenvalue weighted by Gasteiger charge is -2.05. The summed E-state index contributed by atoms with van der Waals surface area (Å²) in [6.07, 6.45) is 0. The number of aromatic amines is 1. The van der Waals surface area contributed by atoms with Gasteiger partial charge in [-0.3, -0.25) is 4.79 Å². The predicted molar refractivity (Wildman–Crippen MR) is 93.7 cm³/mol. The quantitative estimate of drug-likeness (QED) is 0.718. The van der Waals surface area contributed by atoms with Gasteiger partial charge in [-0.2, -0.15) is 5.10 Å². The van der Waals surface area contributed by atoms with E-state index in [4.69, 9.17) is 4.74 Å². The Balaban J connectivity index is 2.21. The first kappa shape index (κ1) is 17.4. The van der Waals surface area contributed by atoms with Crippen LogP contribution < -0.4 is 5.56 Å². The van der Waals surface area contributed by atoms with Crippen LogP contribution in [0.2, 0.25) is 0 Å². The van der Waals surface area contributed by atoms with Crippen LogP contribution in [0.3, 0.4) is 0 Å². The molecule has 2 aromatic heterocycles. The van der Waals surface area contributed by atoms with Gasteiger partial charge in [-0.1, -0.05) is 0 Å². The summed E-state index contributed by atoms with van der Waals surface area (Å²) in [6, 6.07) is 7.85. The van der Waals surface area contributed by atoms with E-state index in [0.29, 0.717) is 27.8 Å². The maximum Gasteiger partial charge on any atom is 0.359 e. The number of rotatable bonds is 4. The fourth-order valence-electron chi connectivity index (χ4n) is 2.71. The summed E-state index contributed by atoms with van der Waals surface area (Å²) >= 11 is 0. The number of hydrogen-bond donors (Lipinski definition) is 1. The molecule has 0 fully saturated rings. The Bertz CT molecular complexity index is 1050. The average Bonchev–Trinajstić information content (AvgIpc) is 3.01. The molecule has 0 aliphatic rings. The molecule has 0 aliphatic heterocycles. The maximum atomic E-state index is 12.3. The van der Waals surface area contributed by atoms with Crippen LogP contribution in [0.4, 0.5) is 0 Å². The second-order valence-electron chi connectivity index (χ2n) is 5.56. The molecule has 0 unspecified atom stereocenters. The third-order valence-electron chi connectivity index (χ3n) is 3.87. The van der Waals surface area contributed by atoms with Crippen molar-refractivity contribution >= 4 is 23.0 Å². The van der Waals surface area contributed by atoms with Crippen molar-refractivity contribution in [2.75, 3.05) is 13.7 Å². The highest BCUT2D eigenvalue weighted by Crippen LogP contribution is 2.23. The minimum absolute atomic E-state index is 0.118. The largest absolute Gasteiger partial charge is 0.465 e. The SMILES string of the molecule is CCOC(=O)c1nn(-c2ccc(C(=O)OC)cc2)c2[nH]c(=O)cc(C)c12. The van der Waals surface area contributed by atoms with E-state index in [1.165, 1.54) is 17.9 Å². The fourth-order valence-corrected chi connectivity index (χ4v) is 2.71. The number of methoxy groups -OCH3 is 1. The van der Waals surface area contributed by atoms with E-state index in [-0.39, 0.29) is 17.9 Å². The highest BCUT2D eigenvalue weighted by atomic mass is 16.5. The first-order valence-corrected chi connectivity index (χ1v) is 7.94. The predicted octanol–water partition coefficient (Wildman–Crippen LogP) is 1.99. The molecular formula is C18H17N3O5. The number of ether oxygens (including phenoxy) is 2. The number of pyridine rings is 1. The van der Waals surface area contributed by atoms with Crippen LogP contribution in [-0.4, -0.2) is 40.4 Å². The van der Waals surface area contributed by atoms with Crippen molar-refractivity contribution in [3.05, 3.63) is 57.5 Å². The van der Waals surface area contributed by atoms with E-state index in [9.17, 15) is 14.4 Å². The zero-order chi connectivity index (χ0) is 18.8. The lowest BCUT2D eigenvalue weighted by atomic mass is 10.1.